The lowest BCUT2D eigenvalue weighted by Crippen LogP contribution is -2.47. The number of benzene rings is 3. The highest BCUT2D eigenvalue weighted by Crippen LogP contribution is 2.33. The summed E-state index contributed by atoms with van der Waals surface area (Å²) >= 11 is 0. The molecule has 6 nitrogen and oxygen atoms in total. The zero-order chi connectivity index (χ0) is 25.2. The highest BCUT2D eigenvalue weighted by molar-refractivity contribution is 7.59. The highest BCUT2D eigenvalue weighted by atomic mass is 32.1. The van der Waals surface area contributed by atoms with Crippen molar-refractivity contribution in [2.24, 2.45) is 5.73 Å². The summed E-state index contributed by atoms with van der Waals surface area (Å²) in [4.78, 5) is 19.5. The summed E-state index contributed by atoms with van der Waals surface area (Å²) in [6, 6.07) is 17.1. The van der Waals surface area contributed by atoms with Gasteiger partial charge in [0.25, 0.3) is 0 Å². The standard InChI is InChI=1S/C27H24F3N5O.H2S/c28-19-5-1-17(2-6-19)15-23(31)27(36)34-13-14-35-24(16-34)33-25(18-3-7-20(29)8-4-18)26(35)32-22-11-9-21(30)10-12-22;/h1-12,23,32H,13-16,31H2;1H2/t23-;/m0./s1. The minimum Gasteiger partial charge on any atom is -0.340 e. The first-order valence-electron chi connectivity index (χ1n) is 11.5. The molecule has 0 saturated carbocycles. The van der Waals surface area contributed by atoms with Crippen LogP contribution in [0.5, 0.6) is 0 Å². The average molecular weight is 526 g/mol. The fraction of sp³-hybridized carbons (Fsp3) is 0.185. The lowest BCUT2D eigenvalue weighted by Gasteiger charge is -2.30. The van der Waals surface area contributed by atoms with Crippen LogP contribution in [-0.2, 0) is 24.3 Å². The predicted octanol–water partition coefficient (Wildman–Crippen LogP) is 4.74. The molecule has 0 radical (unpaired) electrons. The zero-order valence-corrected chi connectivity index (χ0v) is 20.8. The van der Waals surface area contributed by atoms with E-state index in [0.29, 0.717) is 48.1 Å². The monoisotopic (exact) mass is 525 g/mol. The molecule has 1 aliphatic heterocycles. The minimum absolute atomic E-state index is 0. The van der Waals surface area contributed by atoms with Gasteiger partial charge in [0.2, 0.25) is 5.91 Å². The Kier molecular flexibility index (Phi) is 7.89. The number of carbonyl (C=O) groups excluding carboxylic acids is 1. The van der Waals surface area contributed by atoms with Crippen molar-refractivity contribution in [3.05, 3.63) is 102 Å². The van der Waals surface area contributed by atoms with E-state index in [0.717, 1.165) is 5.56 Å². The molecule has 4 aromatic rings. The Balaban J connectivity index is 0.00000320. The Hall–Kier alpha value is -3.76. The Bertz CT molecular complexity index is 1380. The van der Waals surface area contributed by atoms with Crippen LogP contribution in [0.4, 0.5) is 24.7 Å². The van der Waals surface area contributed by atoms with Gasteiger partial charge in [0.15, 0.2) is 0 Å². The third-order valence-electron chi connectivity index (χ3n) is 6.19. The molecule has 3 N–H and O–H groups in total. The molecule has 1 aromatic heterocycles. The molecule has 2 heterocycles. The van der Waals surface area contributed by atoms with Crippen molar-refractivity contribution < 1.29 is 18.0 Å². The summed E-state index contributed by atoms with van der Waals surface area (Å²) in [5, 5.41) is 3.31. The Labute approximate surface area is 219 Å². The third-order valence-corrected chi connectivity index (χ3v) is 6.19. The van der Waals surface area contributed by atoms with Gasteiger partial charge in [-0.3, -0.25) is 4.79 Å². The number of rotatable bonds is 6. The van der Waals surface area contributed by atoms with E-state index < -0.39 is 6.04 Å². The summed E-state index contributed by atoms with van der Waals surface area (Å²) in [5.74, 6) is 0.0513. The van der Waals surface area contributed by atoms with E-state index in [9.17, 15) is 18.0 Å². The number of hydrogen-bond donors (Lipinski definition) is 2. The van der Waals surface area contributed by atoms with E-state index in [1.54, 1.807) is 41.3 Å². The lowest BCUT2D eigenvalue weighted by atomic mass is 10.1. The molecule has 10 heteroatoms. The molecular weight excluding hydrogens is 499 g/mol. The third kappa shape index (κ3) is 5.81. The molecule has 1 atom stereocenters. The summed E-state index contributed by atoms with van der Waals surface area (Å²) in [6.45, 7) is 1.12. The second-order valence-electron chi connectivity index (χ2n) is 8.71. The summed E-state index contributed by atoms with van der Waals surface area (Å²) in [7, 11) is 0. The van der Waals surface area contributed by atoms with Crippen molar-refractivity contribution >= 4 is 30.9 Å². The Morgan fingerprint density at radius 2 is 1.46 bits per heavy atom. The van der Waals surface area contributed by atoms with Gasteiger partial charge < -0.3 is 20.5 Å². The largest absolute Gasteiger partial charge is 0.340 e. The van der Waals surface area contributed by atoms with Crippen molar-refractivity contribution in [3.8, 4) is 11.3 Å². The molecule has 0 saturated heterocycles. The van der Waals surface area contributed by atoms with E-state index in [1.807, 2.05) is 4.57 Å². The van der Waals surface area contributed by atoms with Crippen LogP contribution >= 0.6 is 13.5 Å². The van der Waals surface area contributed by atoms with Crippen molar-refractivity contribution in [1.29, 1.82) is 0 Å². The maximum Gasteiger partial charge on any atom is 0.240 e. The number of hydrogen-bond acceptors (Lipinski definition) is 4. The number of carbonyl (C=O) groups is 1. The van der Waals surface area contributed by atoms with Gasteiger partial charge in [0.1, 0.15) is 34.8 Å². The van der Waals surface area contributed by atoms with Gasteiger partial charge in [0, 0.05) is 24.3 Å². The van der Waals surface area contributed by atoms with E-state index in [1.165, 1.54) is 36.4 Å². The normalized spacial score (nSPS) is 13.5. The molecule has 3 aromatic carbocycles. The molecule has 37 heavy (non-hydrogen) atoms. The van der Waals surface area contributed by atoms with Gasteiger partial charge >= 0.3 is 0 Å². The van der Waals surface area contributed by atoms with Crippen LogP contribution in [0.1, 0.15) is 11.4 Å². The first-order valence-corrected chi connectivity index (χ1v) is 11.5. The number of imidazole rings is 1. The molecule has 192 valence electrons. The van der Waals surface area contributed by atoms with Crippen molar-refractivity contribution in [2.45, 2.75) is 25.6 Å². The summed E-state index contributed by atoms with van der Waals surface area (Å²) < 4.78 is 42.1. The molecule has 0 bridgehead atoms. The van der Waals surface area contributed by atoms with Crippen LogP contribution in [0.15, 0.2) is 72.8 Å². The van der Waals surface area contributed by atoms with Gasteiger partial charge in [-0.05, 0) is 72.6 Å². The molecule has 0 aliphatic carbocycles. The van der Waals surface area contributed by atoms with Gasteiger partial charge in [-0.25, -0.2) is 18.2 Å². The van der Waals surface area contributed by atoms with Crippen LogP contribution in [0, 0.1) is 17.5 Å². The van der Waals surface area contributed by atoms with Crippen molar-refractivity contribution in [2.75, 3.05) is 11.9 Å². The van der Waals surface area contributed by atoms with Gasteiger partial charge in [0.05, 0.1) is 12.6 Å². The molecule has 0 fully saturated rings. The van der Waals surface area contributed by atoms with Gasteiger partial charge in [-0.1, -0.05) is 12.1 Å². The Morgan fingerprint density at radius 3 is 2.08 bits per heavy atom. The Morgan fingerprint density at radius 1 is 0.892 bits per heavy atom. The number of aromatic nitrogens is 2. The number of nitrogens with zero attached hydrogens (tertiary/aromatic N) is 3. The number of fused-ring (bicyclic) bond motifs is 1. The first kappa shape index (κ1) is 26.3. The summed E-state index contributed by atoms with van der Waals surface area (Å²) in [5.41, 5.74) is 8.95. The molecule has 1 aliphatic rings. The second-order valence-corrected chi connectivity index (χ2v) is 8.71. The van der Waals surface area contributed by atoms with Crippen molar-refractivity contribution in [1.82, 2.24) is 14.5 Å². The number of nitrogens with two attached hydrogens (primary N) is 1. The lowest BCUT2D eigenvalue weighted by molar-refractivity contribution is -0.134. The van der Waals surface area contributed by atoms with Crippen LogP contribution in [0.25, 0.3) is 11.3 Å². The number of anilines is 2. The molecule has 5 rings (SSSR count). The predicted molar refractivity (Wildman–Crippen MR) is 141 cm³/mol. The fourth-order valence-corrected chi connectivity index (χ4v) is 4.32. The number of halogens is 3. The fourth-order valence-electron chi connectivity index (χ4n) is 4.32. The average Bonchev–Trinajstić information content (AvgIpc) is 3.24. The van der Waals surface area contributed by atoms with Gasteiger partial charge in [-0.2, -0.15) is 13.5 Å². The zero-order valence-electron chi connectivity index (χ0n) is 19.8. The topological polar surface area (TPSA) is 76.2 Å². The highest BCUT2D eigenvalue weighted by Gasteiger charge is 2.29. The van der Waals surface area contributed by atoms with Gasteiger partial charge in [-0.15, -0.1) is 0 Å². The van der Waals surface area contributed by atoms with Crippen LogP contribution in [0.3, 0.4) is 0 Å². The molecule has 1 amide bonds. The van der Waals surface area contributed by atoms with Crippen LogP contribution in [0.2, 0.25) is 0 Å². The first-order chi connectivity index (χ1) is 17.4. The smallest absolute Gasteiger partial charge is 0.240 e. The minimum atomic E-state index is -0.773. The van der Waals surface area contributed by atoms with E-state index >= 15 is 0 Å². The molecule has 0 unspecified atom stereocenters. The van der Waals surface area contributed by atoms with E-state index in [-0.39, 0.29) is 43.4 Å². The maximum atomic E-state index is 13.6. The quantitative estimate of drug-likeness (QED) is 0.382. The van der Waals surface area contributed by atoms with Crippen LogP contribution < -0.4 is 11.1 Å². The number of nitrogens with one attached hydrogen (secondary N) is 1. The molecular formula is C27H26F3N5OS. The van der Waals surface area contributed by atoms with E-state index in [2.05, 4.69) is 5.32 Å². The maximum absolute atomic E-state index is 13.6. The second kappa shape index (κ2) is 11.1. The van der Waals surface area contributed by atoms with E-state index in [4.69, 9.17) is 10.7 Å². The summed E-state index contributed by atoms with van der Waals surface area (Å²) in [6.07, 6.45) is 0.294. The van der Waals surface area contributed by atoms with Crippen LogP contribution in [-0.4, -0.2) is 32.9 Å². The SMILES string of the molecule is N[C@@H](Cc1ccc(F)cc1)C(=O)N1CCn2c(nc(-c3ccc(F)cc3)c2Nc2ccc(F)cc2)C1.S. The number of amides is 1. The van der Waals surface area contributed by atoms with Crippen molar-refractivity contribution in [3.63, 3.8) is 0 Å². The molecule has 0 spiro atoms.